The molecule has 0 atom stereocenters. The molecule has 0 aromatic carbocycles. The van der Waals surface area contributed by atoms with Gasteiger partial charge in [-0.15, -0.1) is 11.3 Å². The van der Waals surface area contributed by atoms with Crippen molar-refractivity contribution in [1.29, 1.82) is 0 Å². The maximum absolute atomic E-state index is 11.9. The number of rotatable bonds is 6. The Morgan fingerprint density at radius 1 is 1.47 bits per heavy atom. The molecule has 0 aliphatic rings. The highest BCUT2D eigenvalue weighted by Crippen LogP contribution is 2.08. The number of aryl methyl sites for hydroxylation is 1. The first-order valence-corrected chi connectivity index (χ1v) is 7.80. The number of halogens is 1. The summed E-state index contributed by atoms with van der Waals surface area (Å²) in [6.45, 7) is 4.14. The van der Waals surface area contributed by atoms with Crippen molar-refractivity contribution in [3.63, 3.8) is 0 Å². The van der Waals surface area contributed by atoms with Crippen LogP contribution in [0.3, 0.4) is 0 Å². The Morgan fingerprint density at radius 2 is 2.32 bits per heavy atom. The van der Waals surface area contributed by atoms with Gasteiger partial charge in [0.25, 0.3) is 5.56 Å². The molecule has 0 fully saturated rings. The molecule has 0 aliphatic carbocycles. The Balaban J connectivity index is 1.77. The number of nitrogens with zero attached hydrogens (tertiary/aromatic N) is 2. The lowest BCUT2D eigenvalue weighted by molar-refractivity contribution is 0.577. The zero-order valence-corrected chi connectivity index (χ0v) is 13.1. The molecule has 0 radical (unpaired) electrons. The van der Waals surface area contributed by atoms with Crippen molar-refractivity contribution in [3.05, 3.63) is 49.2 Å². The van der Waals surface area contributed by atoms with Gasteiger partial charge < -0.3 is 5.32 Å². The second-order valence-corrected chi connectivity index (χ2v) is 6.05. The van der Waals surface area contributed by atoms with E-state index in [9.17, 15) is 4.79 Å². The molecule has 0 saturated heterocycles. The molecular formula is C13H16BrN3OS. The van der Waals surface area contributed by atoms with E-state index < -0.39 is 0 Å². The van der Waals surface area contributed by atoms with Gasteiger partial charge in [0.1, 0.15) is 4.47 Å². The fraction of sp³-hybridized carbons (Fsp3) is 0.385. The molecule has 0 amide bonds. The molecule has 0 saturated carbocycles. The summed E-state index contributed by atoms with van der Waals surface area (Å²) >= 11 is 5.04. The van der Waals surface area contributed by atoms with Crippen LogP contribution in [0, 0.1) is 6.92 Å². The van der Waals surface area contributed by atoms with Crippen LogP contribution in [-0.4, -0.2) is 22.6 Å². The summed E-state index contributed by atoms with van der Waals surface area (Å²) in [5.74, 6) is 0. The Bertz CT molecular complexity index is 580. The zero-order valence-electron chi connectivity index (χ0n) is 10.7. The van der Waals surface area contributed by atoms with Crippen LogP contribution in [0.1, 0.15) is 10.6 Å². The number of hydrogen-bond donors (Lipinski definition) is 1. The van der Waals surface area contributed by atoms with Gasteiger partial charge in [-0.2, -0.15) is 0 Å². The van der Waals surface area contributed by atoms with Gasteiger partial charge in [-0.05, 0) is 40.7 Å². The minimum absolute atomic E-state index is 0.0208. The van der Waals surface area contributed by atoms with Crippen molar-refractivity contribution in [1.82, 2.24) is 14.9 Å². The quantitative estimate of drug-likeness (QED) is 0.819. The molecule has 0 unspecified atom stereocenters. The number of aromatic nitrogens is 2. The lowest BCUT2D eigenvalue weighted by Gasteiger charge is -2.07. The molecule has 0 bridgehead atoms. The van der Waals surface area contributed by atoms with Crippen molar-refractivity contribution < 1.29 is 0 Å². The third kappa shape index (κ3) is 3.99. The molecule has 1 N–H and O–H groups in total. The van der Waals surface area contributed by atoms with Crippen LogP contribution in [-0.2, 0) is 13.0 Å². The zero-order chi connectivity index (χ0) is 13.7. The predicted molar refractivity (Wildman–Crippen MR) is 81.8 cm³/mol. The first kappa shape index (κ1) is 14.4. The topological polar surface area (TPSA) is 46.9 Å². The first-order valence-electron chi connectivity index (χ1n) is 6.13. The van der Waals surface area contributed by atoms with Crippen LogP contribution in [0.5, 0.6) is 0 Å². The van der Waals surface area contributed by atoms with Crippen molar-refractivity contribution in [3.8, 4) is 0 Å². The molecule has 0 spiro atoms. The fourth-order valence-corrected chi connectivity index (χ4v) is 2.74. The van der Waals surface area contributed by atoms with E-state index in [2.05, 4.69) is 43.7 Å². The van der Waals surface area contributed by atoms with E-state index in [-0.39, 0.29) is 5.56 Å². The van der Waals surface area contributed by atoms with E-state index in [1.165, 1.54) is 4.88 Å². The van der Waals surface area contributed by atoms with E-state index in [1.54, 1.807) is 22.2 Å². The fourth-order valence-electron chi connectivity index (χ4n) is 1.70. The summed E-state index contributed by atoms with van der Waals surface area (Å²) in [7, 11) is 0. The first-order chi connectivity index (χ1) is 9.18. The molecule has 19 heavy (non-hydrogen) atoms. The molecule has 2 aromatic heterocycles. The van der Waals surface area contributed by atoms with Crippen molar-refractivity contribution in [2.24, 2.45) is 0 Å². The lowest BCUT2D eigenvalue weighted by Crippen LogP contribution is -2.29. The van der Waals surface area contributed by atoms with E-state index in [1.807, 2.05) is 6.92 Å². The Labute approximate surface area is 124 Å². The highest BCUT2D eigenvalue weighted by atomic mass is 79.9. The minimum Gasteiger partial charge on any atom is -0.315 e. The third-order valence-electron chi connectivity index (χ3n) is 2.81. The van der Waals surface area contributed by atoms with Gasteiger partial charge in [0, 0.05) is 24.5 Å². The van der Waals surface area contributed by atoms with Gasteiger partial charge in [-0.25, -0.2) is 4.98 Å². The molecule has 2 aromatic rings. The van der Waals surface area contributed by atoms with Gasteiger partial charge in [0.05, 0.1) is 12.0 Å². The second kappa shape index (κ2) is 6.98. The van der Waals surface area contributed by atoms with Crippen molar-refractivity contribution in [2.75, 3.05) is 13.1 Å². The van der Waals surface area contributed by atoms with Gasteiger partial charge in [-0.1, -0.05) is 6.07 Å². The SMILES string of the molecule is Cc1ncn(CCNCCc2cccs2)c(=O)c1Br. The summed E-state index contributed by atoms with van der Waals surface area (Å²) < 4.78 is 2.17. The van der Waals surface area contributed by atoms with Crippen LogP contribution in [0.4, 0.5) is 0 Å². The Kier molecular flexibility index (Phi) is 5.30. The van der Waals surface area contributed by atoms with Crippen molar-refractivity contribution >= 4 is 27.3 Å². The molecule has 6 heteroatoms. The second-order valence-electron chi connectivity index (χ2n) is 4.22. The predicted octanol–water partition coefficient (Wildman–Crippen LogP) is 2.21. The molecular weight excluding hydrogens is 326 g/mol. The summed E-state index contributed by atoms with van der Waals surface area (Å²) in [6, 6.07) is 4.20. The van der Waals surface area contributed by atoms with Gasteiger partial charge in [0.15, 0.2) is 0 Å². The maximum atomic E-state index is 11.9. The minimum atomic E-state index is -0.0208. The van der Waals surface area contributed by atoms with E-state index in [0.29, 0.717) is 11.0 Å². The van der Waals surface area contributed by atoms with Crippen molar-refractivity contribution in [2.45, 2.75) is 19.9 Å². The van der Waals surface area contributed by atoms with Gasteiger partial charge in [-0.3, -0.25) is 9.36 Å². The average molecular weight is 342 g/mol. The number of hydrogen-bond acceptors (Lipinski definition) is 4. The van der Waals surface area contributed by atoms with Gasteiger partial charge in [0.2, 0.25) is 0 Å². The van der Waals surface area contributed by atoms with Crippen LogP contribution in [0.25, 0.3) is 0 Å². The third-order valence-corrected chi connectivity index (χ3v) is 4.66. The molecule has 2 heterocycles. The highest BCUT2D eigenvalue weighted by Gasteiger charge is 2.04. The average Bonchev–Trinajstić information content (AvgIpc) is 2.91. The van der Waals surface area contributed by atoms with E-state index >= 15 is 0 Å². The summed E-state index contributed by atoms with van der Waals surface area (Å²) in [5.41, 5.74) is 0.708. The maximum Gasteiger partial charge on any atom is 0.267 e. The lowest BCUT2D eigenvalue weighted by atomic mass is 10.3. The van der Waals surface area contributed by atoms with E-state index in [4.69, 9.17) is 0 Å². The summed E-state index contributed by atoms with van der Waals surface area (Å²) in [4.78, 5) is 17.4. The summed E-state index contributed by atoms with van der Waals surface area (Å²) in [5, 5.41) is 5.42. The van der Waals surface area contributed by atoms with Crippen LogP contribution >= 0.6 is 27.3 Å². The molecule has 102 valence electrons. The van der Waals surface area contributed by atoms with Crippen LogP contribution in [0.2, 0.25) is 0 Å². The molecule has 4 nitrogen and oxygen atoms in total. The normalized spacial score (nSPS) is 10.8. The Morgan fingerprint density at radius 3 is 3.05 bits per heavy atom. The van der Waals surface area contributed by atoms with Gasteiger partial charge >= 0.3 is 0 Å². The molecule has 2 rings (SSSR count). The summed E-state index contributed by atoms with van der Waals surface area (Å²) in [6.07, 6.45) is 2.63. The highest BCUT2D eigenvalue weighted by molar-refractivity contribution is 9.10. The van der Waals surface area contributed by atoms with E-state index in [0.717, 1.165) is 25.2 Å². The smallest absolute Gasteiger partial charge is 0.267 e. The van der Waals surface area contributed by atoms with Crippen LogP contribution < -0.4 is 10.9 Å². The number of nitrogens with one attached hydrogen (secondary N) is 1. The Hall–Kier alpha value is -0.980. The monoisotopic (exact) mass is 341 g/mol. The number of thiophene rings is 1. The van der Waals surface area contributed by atoms with Crippen LogP contribution in [0.15, 0.2) is 33.1 Å². The molecule has 0 aliphatic heterocycles. The largest absolute Gasteiger partial charge is 0.315 e. The standard InChI is InChI=1S/C13H16BrN3OS/c1-10-12(14)13(18)17(9-16-10)7-6-15-5-4-11-3-2-8-19-11/h2-3,8-9,15H,4-7H2,1H3.